The van der Waals surface area contributed by atoms with Gasteiger partial charge in [0.25, 0.3) is 5.91 Å². The van der Waals surface area contributed by atoms with Crippen LogP contribution in [0.5, 0.6) is 0 Å². The topological polar surface area (TPSA) is 83.4 Å². The van der Waals surface area contributed by atoms with Gasteiger partial charge in [-0.05, 0) is 24.4 Å². The number of carbonyl (C=O) groups is 2. The molecule has 0 aliphatic carbocycles. The van der Waals surface area contributed by atoms with Crippen LogP contribution in [0.15, 0.2) is 53.1 Å². The number of Topliss-reactive ketones (excluding diaryl/α,β-unsaturated/α-hetero) is 1. The smallest absolute Gasteiger partial charge is 0.296 e. The largest absolute Gasteiger partial charge is 0.503 e. The predicted octanol–water partition coefficient (Wildman–Crippen LogP) is 3.83. The maximum absolute atomic E-state index is 14.6. The summed E-state index contributed by atoms with van der Waals surface area (Å²) in [5, 5.41) is 20.8. The van der Waals surface area contributed by atoms with Crippen molar-refractivity contribution in [3.8, 4) is 0 Å². The van der Waals surface area contributed by atoms with Crippen LogP contribution < -0.4 is 4.90 Å². The Morgan fingerprint density at radius 2 is 2.00 bits per heavy atom. The zero-order valence-electron chi connectivity index (χ0n) is 13.9. The average Bonchev–Trinajstić information content (AvgIpc) is 3.37. The third-order valence-corrected chi connectivity index (χ3v) is 5.83. The van der Waals surface area contributed by atoms with Crippen LogP contribution in [-0.4, -0.2) is 27.0 Å². The lowest BCUT2D eigenvalue weighted by Crippen LogP contribution is -2.31. The van der Waals surface area contributed by atoms with Crippen LogP contribution in [0.1, 0.15) is 26.3 Å². The normalized spacial score (nSPS) is 17.0. The fourth-order valence-corrected chi connectivity index (χ4v) is 4.34. The van der Waals surface area contributed by atoms with Crippen LogP contribution in [0.2, 0.25) is 0 Å². The number of aliphatic hydroxyl groups excluding tert-OH is 1. The molecule has 6 nitrogen and oxygen atoms in total. The maximum Gasteiger partial charge on any atom is 0.296 e. The van der Waals surface area contributed by atoms with E-state index in [9.17, 15) is 19.1 Å². The van der Waals surface area contributed by atoms with E-state index in [0.717, 1.165) is 16.2 Å². The molecule has 1 amide bonds. The van der Waals surface area contributed by atoms with Gasteiger partial charge >= 0.3 is 0 Å². The molecule has 3 heterocycles. The van der Waals surface area contributed by atoms with Gasteiger partial charge in [-0.25, -0.2) is 4.39 Å². The molecule has 1 aliphatic heterocycles. The number of benzene rings is 1. The van der Waals surface area contributed by atoms with Gasteiger partial charge in [0.2, 0.25) is 10.9 Å². The first-order chi connectivity index (χ1) is 13.0. The molecule has 0 fully saturated rings. The number of halogens is 1. The third kappa shape index (κ3) is 2.84. The molecule has 2 aromatic heterocycles. The van der Waals surface area contributed by atoms with E-state index >= 15 is 0 Å². The van der Waals surface area contributed by atoms with Crippen molar-refractivity contribution in [1.29, 1.82) is 0 Å². The zero-order valence-corrected chi connectivity index (χ0v) is 15.6. The standard InChI is InChI=1S/C18H12FN3O3S2/c1-9-20-21-18(27-9)22-14(10-5-2-3-6-11(10)19)13(16(24)17(22)25)15(23)12-7-4-8-26-12/h2-8,14,24H,1H3/t14-/m1/s1. The van der Waals surface area contributed by atoms with E-state index in [4.69, 9.17) is 0 Å². The summed E-state index contributed by atoms with van der Waals surface area (Å²) in [5.74, 6) is -2.62. The van der Waals surface area contributed by atoms with Gasteiger partial charge in [-0.2, -0.15) is 0 Å². The summed E-state index contributed by atoms with van der Waals surface area (Å²) < 4.78 is 14.6. The minimum atomic E-state index is -1.12. The highest BCUT2D eigenvalue weighted by Gasteiger charge is 2.47. The number of amides is 1. The molecule has 0 saturated carbocycles. The van der Waals surface area contributed by atoms with Crippen LogP contribution in [0, 0.1) is 12.7 Å². The van der Waals surface area contributed by atoms with Crippen molar-refractivity contribution in [3.05, 3.63) is 74.4 Å². The van der Waals surface area contributed by atoms with Gasteiger partial charge < -0.3 is 5.11 Å². The Balaban J connectivity index is 1.91. The summed E-state index contributed by atoms with van der Waals surface area (Å²) in [6.07, 6.45) is 0. The fourth-order valence-electron chi connectivity index (χ4n) is 2.95. The molecular weight excluding hydrogens is 389 g/mol. The lowest BCUT2D eigenvalue weighted by Gasteiger charge is -2.24. The number of anilines is 1. The number of ketones is 1. The summed E-state index contributed by atoms with van der Waals surface area (Å²) in [7, 11) is 0. The number of aryl methyl sites for hydroxylation is 1. The average molecular weight is 401 g/mol. The Morgan fingerprint density at radius 1 is 1.22 bits per heavy atom. The van der Waals surface area contributed by atoms with Crippen molar-refractivity contribution in [2.24, 2.45) is 0 Å². The molecule has 1 aromatic carbocycles. The van der Waals surface area contributed by atoms with Crippen molar-refractivity contribution in [2.75, 3.05) is 4.90 Å². The number of nitrogens with zero attached hydrogens (tertiary/aromatic N) is 3. The Hall–Kier alpha value is -2.91. The molecule has 1 N–H and O–H groups in total. The highest BCUT2D eigenvalue weighted by atomic mass is 32.1. The summed E-state index contributed by atoms with van der Waals surface area (Å²) in [6, 6.07) is 8.00. The van der Waals surface area contributed by atoms with E-state index in [1.54, 1.807) is 30.5 Å². The first-order valence-electron chi connectivity index (χ1n) is 7.88. The Bertz CT molecular complexity index is 1080. The quantitative estimate of drug-likeness (QED) is 0.672. The molecule has 0 unspecified atom stereocenters. The van der Waals surface area contributed by atoms with Crippen molar-refractivity contribution < 1.29 is 19.1 Å². The van der Waals surface area contributed by atoms with Crippen molar-refractivity contribution in [1.82, 2.24) is 10.2 Å². The zero-order chi connectivity index (χ0) is 19.1. The second kappa shape index (κ2) is 6.67. The number of carbonyl (C=O) groups excluding carboxylic acids is 2. The Morgan fingerprint density at radius 3 is 2.63 bits per heavy atom. The van der Waals surface area contributed by atoms with Crippen molar-refractivity contribution >= 4 is 39.5 Å². The van der Waals surface area contributed by atoms with Crippen LogP contribution >= 0.6 is 22.7 Å². The van der Waals surface area contributed by atoms with Gasteiger partial charge in [0.1, 0.15) is 16.9 Å². The Labute approximate surface area is 161 Å². The van der Waals surface area contributed by atoms with E-state index in [1.807, 2.05) is 0 Å². The molecule has 1 aliphatic rings. The maximum atomic E-state index is 14.6. The SMILES string of the molecule is Cc1nnc(N2C(=O)C(O)=C(C(=O)c3cccs3)[C@H]2c2ccccc2F)s1. The highest BCUT2D eigenvalue weighted by molar-refractivity contribution is 7.15. The molecular formula is C18H12FN3O3S2. The molecule has 0 bridgehead atoms. The molecule has 9 heteroatoms. The monoisotopic (exact) mass is 401 g/mol. The summed E-state index contributed by atoms with van der Waals surface area (Å²) in [6.45, 7) is 1.71. The van der Waals surface area contributed by atoms with E-state index in [1.165, 1.54) is 29.5 Å². The summed E-state index contributed by atoms with van der Waals surface area (Å²) >= 11 is 2.30. The van der Waals surface area contributed by atoms with Gasteiger partial charge in [0, 0.05) is 5.56 Å². The molecule has 0 radical (unpaired) electrons. The number of hydrogen-bond donors (Lipinski definition) is 1. The van der Waals surface area contributed by atoms with E-state index in [2.05, 4.69) is 10.2 Å². The van der Waals surface area contributed by atoms with Gasteiger partial charge in [0.15, 0.2) is 5.76 Å². The van der Waals surface area contributed by atoms with Gasteiger partial charge in [-0.3, -0.25) is 14.5 Å². The minimum absolute atomic E-state index is 0.0997. The van der Waals surface area contributed by atoms with E-state index in [-0.39, 0.29) is 16.3 Å². The van der Waals surface area contributed by atoms with Crippen molar-refractivity contribution in [2.45, 2.75) is 13.0 Å². The number of aromatic nitrogens is 2. The second-order valence-electron chi connectivity index (χ2n) is 5.77. The molecule has 136 valence electrons. The van der Waals surface area contributed by atoms with E-state index < -0.39 is 29.3 Å². The summed E-state index contributed by atoms with van der Waals surface area (Å²) in [4.78, 5) is 27.3. The summed E-state index contributed by atoms with van der Waals surface area (Å²) in [5.41, 5.74) is -0.0666. The minimum Gasteiger partial charge on any atom is -0.503 e. The lowest BCUT2D eigenvalue weighted by atomic mass is 9.95. The van der Waals surface area contributed by atoms with Gasteiger partial charge in [-0.1, -0.05) is 35.6 Å². The predicted molar refractivity (Wildman–Crippen MR) is 99.6 cm³/mol. The number of aliphatic hydroxyl groups is 1. The first kappa shape index (κ1) is 17.5. The molecule has 27 heavy (non-hydrogen) atoms. The number of thiophene rings is 1. The molecule has 0 spiro atoms. The van der Waals surface area contributed by atoms with E-state index in [0.29, 0.717) is 9.88 Å². The molecule has 4 rings (SSSR count). The van der Waals surface area contributed by atoms with Crippen LogP contribution in [-0.2, 0) is 4.79 Å². The fraction of sp³-hybridized carbons (Fsp3) is 0.111. The lowest BCUT2D eigenvalue weighted by molar-refractivity contribution is -0.117. The third-order valence-electron chi connectivity index (χ3n) is 4.12. The number of hydrogen-bond acceptors (Lipinski definition) is 7. The highest BCUT2D eigenvalue weighted by Crippen LogP contribution is 2.43. The first-order valence-corrected chi connectivity index (χ1v) is 9.58. The Kier molecular flexibility index (Phi) is 4.33. The van der Waals surface area contributed by atoms with Gasteiger partial charge in [0.05, 0.1) is 10.5 Å². The molecule has 3 aromatic rings. The van der Waals surface area contributed by atoms with Gasteiger partial charge in [-0.15, -0.1) is 21.5 Å². The molecule has 0 saturated heterocycles. The van der Waals surface area contributed by atoms with Crippen LogP contribution in [0.4, 0.5) is 9.52 Å². The number of rotatable bonds is 4. The second-order valence-corrected chi connectivity index (χ2v) is 7.88. The van der Waals surface area contributed by atoms with Crippen molar-refractivity contribution in [3.63, 3.8) is 0 Å². The molecule has 1 atom stereocenters. The van der Waals surface area contributed by atoms with Crippen LogP contribution in [0.3, 0.4) is 0 Å². The van der Waals surface area contributed by atoms with Crippen LogP contribution in [0.25, 0.3) is 0 Å².